The van der Waals surface area contributed by atoms with Gasteiger partial charge in [0, 0.05) is 24.0 Å². The van der Waals surface area contributed by atoms with Crippen molar-refractivity contribution in [2.75, 3.05) is 5.32 Å². The smallest absolute Gasteiger partial charge is 0.381 e. The Morgan fingerprint density at radius 1 is 1.14 bits per heavy atom. The topological polar surface area (TPSA) is 120 Å². The van der Waals surface area contributed by atoms with E-state index < -0.39 is 46.8 Å². The molecule has 8 nitrogen and oxygen atoms in total. The summed E-state index contributed by atoms with van der Waals surface area (Å²) < 4.78 is 65.4. The van der Waals surface area contributed by atoms with Crippen molar-refractivity contribution in [3.63, 3.8) is 0 Å². The van der Waals surface area contributed by atoms with E-state index in [-0.39, 0.29) is 23.8 Å². The summed E-state index contributed by atoms with van der Waals surface area (Å²) in [6.45, 7) is 3.93. The van der Waals surface area contributed by atoms with Gasteiger partial charge in [-0.25, -0.2) is 13.8 Å². The SMILES string of the molecule is Cc1[nH]c(NC(=O)c2cc(CNC(=O)C(C)(C)O)cnc2C(F)F)nc1-c1ccc(C(F)(F)F)cc1. The molecule has 0 radical (unpaired) electrons. The highest BCUT2D eigenvalue weighted by atomic mass is 19.4. The van der Waals surface area contributed by atoms with Crippen LogP contribution in [0.4, 0.5) is 27.9 Å². The van der Waals surface area contributed by atoms with Crippen LogP contribution in [-0.2, 0) is 17.5 Å². The minimum Gasteiger partial charge on any atom is -0.381 e. The third-order valence-corrected chi connectivity index (χ3v) is 5.04. The number of nitrogens with one attached hydrogen (secondary N) is 3. The number of benzene rings is 1. The highest BCUT2D eigenvalue weighted by molar-refractivity contribution is 6.04. The molecule has 192 valence electrons. The van der Waals surface area contributed by atoms with Gasteiger partial charge in [-0.05, 0) is 44.5 Å². The number of aliphatic hydroxyl groups is 1. The van der Waals surface area contributed by atoms with E-state index in [2.05, 4.69) is 25.6 Å². The molecule has 3 aromatic rings. The minimum absolute atomic E-state index is 0.117. The lowest BCUT2D eigenvalue weighted by molar-refractivity contribution is -0.137. The molecule has 2 aromatic heterocycles. The van der Waals surface area contributed by atoms with Crippen molar-refractivity contribution in [3.05, 3.63) is 64.6 Å². The molecule has 0 spiro atoms. The molecule has 0 atom stereocenters. The summed E-state index contributed by atoms with van der Waals surface area (Å²) in [6.07, 6.45) is -6.50. The number of pyridine rings is 1. The van der Waals surface area contributed by atoms with Gasteiger partial charge >= 0.3 is 6.18 Å². The van der Waals surface area contributed by atoms with Gasteiger partial charge in [-0.15, -0.1) is 0 Å². The summed E-state index contributed by atoms with van der Waals surface area (Å²) in [5.41, 5.74) is -2.52. The highest BCUT2D eigenvalue weighted by Gasteiger charge is 2.30. The molecule has 13 heteroatoms. The van der Waals surface area contributed by atoms with E-state index in [0.717, 1.165) is 24.4 Å². The number of halogens is 5. The zero-order valence-electron chi connectivity index (χ0n) is 19.3. The zero-order valence-corrected chi connectivity index (χ0v) is 19.3. The van der Waals surface area contributed by atoms with Gasteiger partial charge in [0.25, 0.3) is 18.2 Å². The van der Waals surface area contributed by atoms with Crippen LogP contribution in [0.15, 0.2) is 36.5 Å². The molecule has 3 rings (SSSR count). The quantitative estimate of drug-likeness (QED) is 0.351. The fraction of sp³-hybridized carbons (Fsp3) is 0.304. The number of rotatable bonds is 7. The average molecular weight is 511 g/mol. The van der Waals surface area contributed by atoms with E-state index >= 15 is 0 Å². The van der Waals surface area contributed by atoms with E-state index in [0.29, 0.717) is 11.3 Å². The molecule has 36 heavy (non-hydrogen) atoms. The first-order valence-corrected chi connectivity index (χ1v) is 10.5. The lowest BCUT2D eigenvalue weighted by Gasteiger charge is -2.17. The fourth-order valence-electron chi connectivity index (χ4n) is 3.16. The second kappa shape index (κ2) is 10.0. The maximum atomic E-state index is 13.5. The third kappa shape index (κ3) is 6.22. The second-order valence-electron chi connectivity index (χ2n) is 8.41. The van der Waals surface area contributed by atoms with Crippen LogP contribution in [0.1, 0.15) is 53.1 Å². The molecule has 2 heterocycles. The molecule has 0 bridgehead atoms. The molecule has 4 N–H and O–H groups in total. The monoisotopic (exact) mass is 511 g/mol. The number of carbonyl (C=O) groups is 2. The Kier molecular flexibility index (Phi) is 7.43. The first kappa shape index (κ1) is 26.7. The van der Waals surface area contributed by atoms with Crippen molar-refractivity contribution >= 4 is 17.8 Å². The Bertz CT molecular complexity index is 1260. The van der Waals surface area contributed by atoms with Crippen molar-refractivity contribution < 1.29 is 36.6 Å². The zero-order chi connectivity index (χ0) is 26.8. The average Bonchev–Trinajstić information content (AvgIpc) is 3.15. The summed E-state index contributed by atoms with van der Waals surface area (Å²) in [5.74, 6) is -1.80. The van der Waals surface area contributed by atoms with E-state index in [9.17, 15) is 36.6 Å². The van der Waals surface area contributed by atoms with Crippen molar-refractivity contribution in [2.24, 2.45) is 0 Å². The Morgan fingerprint density at radius 3 is 2.33 bits per heavy atom. The standard InChI is InChI=1S/C23H22F5N5O3/c1-11-16(13-4-6-14(7-5-13)23(26,27)28)32-21(31-11)33-19(34)15-8-12(9-29-17(15)18(24)25)10-30-20(35)22(2,3)36/h4-9,18,36H,10H2,1-3H3,(H,30,35)(H2,31,32,33,34). The number of aromatic nitrogens is 3. The minimum atomic E-state index is -4.50. The number of H-pyrrole nitrogens is 1. The predicted molar refractivity (Wildman–Crippen MR) is 119 cm³/mol. The van der Waals surface area contributed by atoms with Crippen LogP contribution in [0.5, 0.6) is 0 Å². The molecule has 2 amide bonds. The summed E-state index contributed by atoms with van der Waals surface area (Å²) in [7, 11) is 0. The lowest BCUT2D eigenvalue weighted by Crippen LogP contribution is -2.41. The molecule has 0 fully saturated rings. The second-order valence-corrected chi connectivity index (χ2v) is 8.41. The molecule has 0 aliphatic rings. The number of hydrogen-bond donors (Lipinski definition) is 4. The molecule has 0 unspecified atom stereocenters. The molecular formula is C23H22F5N5O3. The van der Waals surface area contributed by atoms with Crippen molar-refractivity contribution in [2.45, 2.75) is 45.5 Å². The number of amides is 2. The van der Waals surface area contributed by atoms with Crippen LogP contribution in [0.2, 0.25) is 0 Å². The Hall–Kier alpha value is -3.87. The van der Waals surface area contributed by atoms with Crippen molar-refractivity contribution in [3.8, 4) is 11.3 Å². The third-order valence-electron chi connectivity index (χ3n) is 5.04. The van der Waals surface area contributed by atoms with E-state index in [1.165, 1.54) is 26.0 Å². The van der Waals surface area contributed by atoms with E-state index in [1.807, 2.05) is 0 Å². The van der Waals surface area contributed by atoms with Crippen molar-refractivity contribution in [1.29, 1.82) is 0 Å². The number of imidazole rings is 1. The fourth-order valence-corrected chi connectivity index (χ4v) is 3.16. The number of nitrogens with zero attached hydrogens (tertiary/aromatic N) is 2. The predicted octanol–water partition coefficient (Wildman–Crippen LogP) is 4.38. The molecule has 0 saturated carbocycles. The molecule has 0 aliphatic heterocycles. The number of aromatic amines is 1. The van der Waals surface area contributed by atoms with Gasteiger partial charge in [0.05, 0.1) is 16.8 Å². The van der Waals surface area contributed by atoms with Gasteiger partial charge in [0.15, 0.2) is 0 Å². The van der Waals surface area contributed by atoms with Gasteiger partial charge in [-0.2, -0.15) is 13.2 Å². The van der Waals surface area contributed by atoms with Crippen LogP contribution in [0.3, 0.4) is 0 Å². The van der Waals surface area contributed by atoms with E-state index in [4.69, 9.17) is 0 Å². The Labute approximate surface area is 202 Å². The summed E-state index contributed by atoms with van der Waals surface area (Å²) in [6, 6.07) is 5.36. The molecule has 1 aromatic carbocycles. The van der Waals surface area contributed by atoms with Gasteiger partial charge in [-0.3, -0.25) is 19.9 Å². The number of aryl methyl sites for hydroxylation is 1. The van der Waals surface area contributed by atoms with Crippen LogP contribution in [-0.4, -0.2) is 37.5 Å². The summed E-state index contributed by atoms with van der Waals surface area (Å²) in [4.78, 5) is 35.2. The van der Waals surface area contributed by atoms with Crippen LogP contribution in [0.25, 0.3) is 11.3 Å². The largest absolute Gasteiger partial charge is 0.416 e. The van der Waals surface area contributed by atoms with Crippen molar-refractivity contribution in [1.82, 2.24) is 20.3 Å². The maximum Gasteiger partial charge on any atom is 0.416 e. The summed E-state index contributed by atoms with van der Waals surface area (Å²) in [5, 5.41) is 14.5. The van der Waals surface area contributed by atoms with Gasteiger partial charge in [0.2, 0.25) is 5.95 Å². The molecule has 0 aliphatic carbocycles. The van der Waals surface area contributed by atoms with Crippen LogP contribution in [0, 0.1) is 6.92 Å². The molecular weight excluding hydrogens is 489 g/mol. The normalized spacial score (nSPS) is 12.1. The van der Waals surface area contributed by atoms with Crippen LogP contribution >= 0.6 is 0 Å². The molecule has 0 saturated heterocycles. The summed E-state index contributed by atoms with van der Waals surface area (Å²) >= 11 is 0. The number of alkyl halides is 5. The van der Waals surface area contributed by atoms with Gasteiger partial charge in [0.1, 0.15) is 11.3 Å². The number of carbonyl (C=O) groups excluding carboxylic acids is 2. The first-order valence-electron chi connectivity index (χ1n) is 10.5. The van der Waals surface area contributed by atoms with E-state index in [1.54, 1.807) is 6.92 Å². The van der Waals surface area contributed by atoms with Crippen LogP contribution < -0.4 is 10.6 Å². The number of hydrogen-bond acceptors (Lipinski definition) is 5. The highest BCUT2D eigenvalue weighted by Crippen LogP contribution is 2.31. The maximum absolute atomic E-state index is 13.5. The first-order chi connectivity index (χ1) is 16.7. The lowest BCUT2D eigenvalue weighted by atomic mass is 10.1. The number of anilines is 1. The Morgan fingerprint density at radius 2 is 1.78 bits per heavy atom. The Balaban J connectivity index is 1.82. The van der Waals surface area contributed by atoms with Gasteiger partial charge in [-0.1, -0.05) is 12.1 Å². The van der Waals surface area contributed by atoms with Gasteiger partial charge < -0.3 is 15.4 Å².